The van der Waals surface area contributed by atoms with Crippen LogP contribution in [-0.4, -0.2) is 29.7 Å². The largest absolute Gasteiger partial charge is 0.387 e. The van der Waals surface area contributed by atoms with Crippen molar-refractivity contribution in [1.82, 2.24) is 24.5 Å². The molecule has 0 saturated heterocycles. The molecular weight excluding hydrogens is 218 g/mol. The lowest BCUT2D eigenvalue weighted by Crippen LogP contribution is -2.06. The number of aliphatic hydroxyl groups excluding tert-OH is 1. The van der Waals surface area contributed by atoms with E-state index in [4.69, 9.17) is 0 Å². The van der Waals surface area contributed by atoms with Crippen molar-refractivity contribution in [3.05, 3.63) is 30.1 Å². The SMILES string of the molecule is CC(O)c1cn(Cc2cncn2C2CC2)nn1. The Kier molecular flexibility index (Phi) is 2.44. The molecule has 3 rings (SSSR count). The van der Waals surface area contributed by atoms with Crippen molar-refractivity contribution in [2.45, 2.75) is 38.5 Å². The molecule has 1 atom stereocenters. The lowest BCUT2D eigenvalue weighted by Gasteiger charge is -2.05. The summed E-state index contributed by atoms with van der Waals surface area (Å²) >= 11 is 0. The Balaban J connectivity index is 1.78. The number of nitrogens with zero attached hydrogens (tertiary/aromatic N) is 5. The van der Waals surface area contributed by atoms with Gasteiger partial charge in [0.15, 0.2) is 0 Å². The lowest BCUT2D eigenvalue weighted by atomic mass is 10.3. The van der Waals surface area contributed by atoms with Crippen molar-refractivity contribution in [2.75, 3.05) is 0 Å². The first-order chi connectivity index (χ1) is 8.24. The highest BCUT2D eigenvalue weighted by molar-refractivity contribution is 5.05. The summed E-state index contributed by atoms with van der Waals surface area (Å²) in [6.45, 7) is 2.33. The lowest BCUT2D eigenvalue weighted by molar-refractivity contribution is 0.194. The minimum absolute atomic E-state index is 0.572. The van der Waals surface area contributed by atoms with Gasteiger partial charge in [-0.05, 0) is 19.8 Å². The Morgan fingerprint density at radius 1 is 1.53 bits per heavy atom. The van der Waals surface area contributed by atoms with Gasteiger partial charge in [0.25, 0.3) is 0 Å². The van der Waals surface area contributed by atoms with E-state index in [0.29, 0.717) is 18.3 Å². The first kappa shape index (κ1) is 10.5. The van der Waals surface area contributed by atoms with Crippen LogP contribution in [0, 0.1) is 0 Å². The van der Waals surface area contributed by atoms with Gasteiger partial charge in [-0.2, -0.15) is 0 Å². The Morgan fingerprint density at radius 2 is 2.35 bits per heavy atom. The van der Waals surface area contributed by atoms with E-state index in [1.54, 1.807) is 17.8 Å². The zero-order chi connectivity index (χ0) is 11.8. The molecule has 90 valence electrons. The van der Waals surface area contributed by atoms with Gasteiger partial charge < -0.3 is 9.67 Å². The molecule has 6 nitrogen and oxygen atoms in total. The highest BCUT2D eigenvalue weighted by atomic mass is 16.3. The van der Waals surface area contributed by atoms with Crippen molar-refractivity contribution >= 4 is 0 Å². The third-order valence-corrected chi connectivity index (χ3v) is 2.99. The van der Waals surface area contributed by atoms with Gasteiger partial charge in [-0.25, -0.2) is 9.67 Å². The zero-order valence-corrected chi connectivity index (χ0v) is 9.69. The molecule has 1 N–H and O–H groups in total. The maximum absolute atomic E-state index is 9.38. The van der Waals surface area contributed by atoms with Crippen LogP contribution in [0.25, 0.3) is 0 Å². The summed E-state index contributed by atoms with van der Waals surface area (Å²) in [7, 11) is 0. The molecule has 0 radical (unpaired) electrons. The average molecular weight is 233 g/mol. The third kappa shape index (κ3) is 2.08. The summed E-state index contributed by atoms with van der Waals surface area (Å²) in [6, 6.07) is 0.618. The van der Waals surface area contributed by atoms with Gasteiger partial charge in [-0.1, -0.05) is 5.21 Å². The van der Waals surface area contributed by atoms with E-state index < -0.39 is 6.10 Å². The molecule has 2 aromatic rings. The van der Waals surface area contributed by atoms with Crippen LogP contribution >= 0.6 is 0 Å². The van der Waals surface area contributed by atoms with Gasteiger partial charge in [0.1, 0.15) is 5.69 Å². The number of aromatic nitrogens is 5. The van der Waals surface area contributed by atoms with Crippen molar-refractivity contribution in [3.63, 3.8) is 0 Å². The maximum Gasteiger partial charge on any atom is 0.111 e. The summed E-state index contributed by atoms with van der Waals surface area (Å²) in [5.41, 5.74) is 1.73. The molecule has 17 heavy (non-hydrogen) atoms. The molecule has 0 amide bonds. The Bertz CT molecular complexity index is 511. The maximum atomic E-state index is 9.38. The first-order valence-corrected chi connectivity index (χ1v) is 5.83. The number of aliphatic hydroxyl groups is 1. The van der Waals surface area contributed by atoms with E-state index >= 15 is 0 Å². The normalized spacial score (nSPS) is 17.3. The van der Waals surface area contributed by atoms with E-state index in [9.17, 15) is 5.11 Å². The smallest absolute Gasteiger partial charge is 0.111 e. The topological polar surface area (TPSA) is 68.8 Å². The van der Waals surface area contributed by atoms with E-state index in [1.807, 2.05) is 12.5 Å². The molecule has 0 spiro atoms. The van der Waals surface area contributed by atoms with Crippen LogP contribution in [0.4, 0.5) is 0 Å². The van der Waals surface area contributed by atoms with E-state index in [1.165, 1.54) is 12.8 Å². The summed E-state index contributed by atoms with van der Waals surface area (Å²) in [5, 5.41) is 17.3. The summed E-state index contributed by atoms with van der Waals surface area (Å²) in [4.78, 5) is 4.17. The van der Waals surface area contributed by atoms with Gasteiger partial charge in [0.2, 0.25) is 0 Å². The molecule has 1 aliphatic carbocycles. The van der Waals surface area contributed by atoms with Crippen molar-refractivity contribution < 1.29 is 5.11 Å². The highest BCUT2D eigenvalue weighted by Crippen LogP contribution is 2.35. The fraction of sp³-hybridized carbons (Fsp3) is 0.545. The van der Waals surface area contributed by atoms with Crippen LogP contribution in [0.1, 0.15) is 43.3 Å². The average Bonchev–Trinajstić information content (AvgIpc) is 2.86. The first-order valence-electron chi connectivity index (χ1n) is 5.83. The predicted octanol–water partition coefficient (Wildman–Crippen LogP) is 0.911. The number of rotatable bonds is 4. The molecule has 0 bridgehead atoms. The number of imidazole rings is 1. The van der Waals surface area contributed by atoms with Crippen LogP contribution in [0.15, 0.2) is 18.7 Å². The van der Waals surface area contributed by atoms with Crippen LogP contribution in [0.3, 0.4) is 0 Å². The minimum atomic E-state index is -0.572. The second-order valence-corrected chi connectivity index (χ2v) is 4.54. The Hall–Kier alpha value is -1.69. The monoisotopic (exact) mass is 233 g/mol. The van der Waals surface area contributed by atoms with Crippen molar-refractivity contribution in [1.29, 1.82) is 0 Å². The molecule has 2 heterocycles. The van der Waals surface area contributed by atoms with Crippen molar-refractivity contribution in [2.24, 2.45) is 0 Å². The quantitative estimate of drug-likeness (QED) is 0.852. The molecule has 2 aromatic heterocycles. The molecule has 1 unspecified atom stereocenters. The van der Waals surface area contributed by atoms with Crippen LogP contribution in [0.5, 0.6) is 0 Å². The fourth-order valence-corrected chi connectivity index (χ4v) is 1.88. The molecule has 0 aromatic carbocycles. The summed E-state index contributed by atoms with van der Waals surface area (Å²) in [5.74, 6) is 0. The molecule has 6 heteroatoms. The third-order valence-electron chi connectivity index (χ3n) is 2.99. The van der Waals surface area contributed by atoms with Gasteiger partial charge in [-0.15, -0.1) is 5.10 Å². The zero-order valence-electron chi connectivity index (χ0n) is 9.69. The molecule has 1 fully saturated rings. The fourth-order valence-electron chi connectivity index (χ4n) is 1.88. The van der Waals surface area contributed by atoms with E-state index in [-0.39, 0.29) is 0 Å². The molecule has 0 aliphatic heterocycles. The van der Waals surface area contributed by atoms with Crippen LogP contribution < -0.4 is 0 Å². The van der Waals surface area contributed by atoms with Gasteiger partial charge >= 0.3 is 0 Å². The van der Waals surface area contributed by atoms with Crippen LogP contribution in [0.2, 0.25) is 0 Å². The van der Waals surface area contributed by atoms with E-state index in [2.05, 4.69) is 19.9 Å². The summed E-state index contributed by atoms with van der Waals surface area (Å²) < 4.78 is 3.93. The highest BCUT2D eigenvalue weighted by Gasteiger charge is 2.25. The summed E-state index contributed by atoms with van der Waals surface area (Å²) in [6.07, 6.45) is 7.41. The number of hydrogen-bond acceptors (Lipinski definition) is 4. The van der Waals surface area contributed by atoms with Gasteiger partial charge in [-0.3, -0.25) is 0 Å². The predicted molar refractivity (Wildman–Crippen MR) is 60.3 cm³/mol. The number of hydrogen-bond donors (Lipinski definition) is 1. The van der Waals surface area contributed by atoms with Crippen molar-refractivity contribution in [3.8, 4) is 0 Å². The van der Waals surface area contributed by atoms with Gasteiger partial charge in [0, 0.05) is 6.04 Å². The molecule has 1 aliphatic rings. The minimum Gasteiger partial charge on any atom is -0.387 e. The second-order valence-electron chi connectivity index (χ2n) is 4.54. The Morgan fingerprint density at radius 3 is 3.00 bits per heavy atom. The Labute approximate surface area is 98.9 Å². The molecule has 1 saturated carbocycles. The van der Waals surface area contributed by atoms with Gasteiger partial charge in [0.05, 0.1) is 37.1 Å². The molecular formula is C11H15N5O. The van der Waals surface area contributed by atoms with E-state index in [0.717, 1.165) is 5.69 Å². The standard InChI is InChI=1S/C11H15N5O/c1-8(17)11-6-15(14-13-11)5-10-4-12-7-16(10)9-2-3-9/h4,6-9,17H,2-3,5H2,1H3. The van der Waals surface area contributed by atoms with Crippen LogP contribution in [-0.2, 0) is 6.54 Å². The second kappa shape index (κ2) is 3.96.